The number of Topliss-reactive ketones (excluding diaryl/α,β-unsaturated/α-hetero) is 1. The maximum atomic E-state index is 12.2. The van der Waals surface area contributed by atoms with Gasteiger partial charge in [0.05, 0.1) is 12.0 Å². The first-order valence-electron chi connectivity index (χ1n) is 7.16. The van der Waals surface area contributed by atoms with Crippen molar-refractivity contribution in [2.75, 3.05) is 6.61 Å². The Bertz CT molecular complexity index is 772. The lowest BCUT2D eigenvalue weighted by Gasteiger charge is -2.10. The molecule has 0 aliphatic carbocycles. The molecule has 116 valence electrons. The average Bonchev–Trinajstić information content (AvgIpc) is 2.46. The van der Waals surface area contributed by atoms with Crippen LogP contribution in [0.4, 0.5) is 0 Å². The number of ether oxygens (including phenoxy) is 1. The molecule has 0 aliphatic heterocycles. The molecule has 2 rings (SSSR count). The number of ketones is 1. The molecule has 0 aliphatic rings. The normalized spacial score (nSPS) is 12.1. The van der Waals surface area contributed by atoms with Gasteiger partial charge in [-0.1, -0.05) is 13.0 Å². The van der Waals surface area contributed by atoms with E-state index < -0.39 is 5.97 Å². The smallest absolute Gasteiger partial charge is 0.374 e. The molecule has 1 aromatic heterocycles. The molecular weight excluding hydrogens is 284 g/mol. The van der Waals surface area contributed by atoms with Gasteiger partial charge in [-0.25, -0.2) is 4.79 Å². The summed E-state index contributed by atoms with van der Waals surface area (Å²) < 4.78 is 10.3. The van der Waals surface area contributed by atoms with E-state index in [4.69, 9.17) is 9.15 Å². The molecule has 0 saturated carbocycles. The van der Waals surface area contributed by atoms with Gasteiger partial charge in [-0.2, -0.15) is 0 Å². The maximum Gasteiger partial charge on any atom is 0.374 e. The first-order valence-corrected chi connectivity index (χ1v) is 7.16. The molecule has 1 aromatic carbocycles. The fraction of sp³-hybridized carbons (Fsp3) is 0.353. The standard InChI is InChI=1S/C17H18O5/c1-4-21-17(20)16-9-14(19)13-8-12(5-6-15(13)22-16)10(2)7-11(3)18/h5-6,8-10H,4,7H2,1-3H3/t10-/m1/s1. The molecule has 1 heterocycles. The minimum atomic E-state index is -0.657. The molecule has 5 heteroatoms. The average molecular weight is 302 g/mol. The highest BCUT2D eigenvalue weighted by molar-refractivity contribution is 5.89. The number of fused-ring (bicyclic) bond motifs is 1. The number of carbonyl (C=O) groups is 2. The van der Waals surface area contributed by atoms with Gasteiger partial charge in [0.1, 0.15) is 11.4 Å². The summed E-state index contributed by atoms with van der Waals surface area (Å²) in [5.74, 6) is -0.650. The Kier molecular flexibility index (Phi) is 4.75. The maximum absolute atomic E-state index is 12.2. The van der Waals surface area contributed by atoms with E-state index in [-0.39, 0.29) is 29.5 Å². The second kappa shape index (κ2) is 6.56. The van der Waals surface area contributed by atoms with E-state index in [1.165, 1.54) is 6.92 Å². The van der Waals surface area contributed by atoms with Gasteiger partial charge in [0, 0.05) is 12.5 Å². The molecule has 0 spiro atoms. The van der Waals surface area contributed by atoms with Crippen molar-refractivity contribution in [3.8, 4) is 0 Å². The largest absolute Gasteiger partial charge is 0.460 e. The summed E-state index contributed by atoms with van der Waals surface area (Å²) >= 11 is 0. The fourth-order valence-electron chi connectivity index (χ4n) is 2.33. The highest BCUT2D eigenvalue weighted by Crippen LogP contribution is 2.23. The molecule has 0 bridgehead atoms. The van der Waals surface area contributed by atoms with Crippen LogP contribution in [0.25, 0.3) is 11.0 Å². The molecule has 0 unspecified atom stereocenters. The third-order valence-corrected chi connectivity index (χ3v) is 3.39. The topological polar surface area (TPSA) is 73.6 Å². The molecule has 0 fully saturated rings. The van der Waals surface area contributed by atoms with Crippen LogP contribution in [-0.2, 0) is 9.53 Å². The summed E-state index contributed by atoms with van der Waals surface area (Å²) in [5, 5.41) is 0.390. The third-order valence-electron chi connectivity index (χ3n) is 3.39. The number of carbonyl (C=O) groups excluding carboxylic acids is 2. The van der Waals surface area contributed by atoms with Crippen molar-refractivity contribution >= 4 is 22.7 Å². The predicted octanol–water partition coefficient (Wildman–Crippen LogP) is 3.05. The second-order valence-corrected chi connectivity index (χ2v) is 5.26. The van der Waals surface area contributed by atoms with Gasteiger partial charge in [-0.3, -0.25) is 4.79 Å². The molecule has 22 heavy (non-hydrogen) atoms. The first kappa shape index (κ1) is 15.9. The first-order chi connectivity index (χ1) is 10.4. The summed E-state index contributed by atoms with van der Waals surface area (Å²) in [6.45, 7) is 5.36. The van der Waals surface area contributed by atoms with E-state index in [0.29, 0.717) is 17.4 Å². The van der Waals surface area contributed by atoms with E-state index in [2.05, 4.69) is 0 Å². The second-order valence-electron chi connectivity index (χ2n) is 5.26. The molecule has 0 radical (unpaired) electrons. The van der Waals surface area contributed by atoms with E-state index in [0.717, 1.165) is 11.6 Å². The number of rotatable bonds is 5. The summed E-state index contributed by atoms with van der Waals surface area (Å²) in [7, 11) is 0. The van der Waals surface area contributed by atoms with E-state index >= 15 is 0 Å². The van der Waals surface area contributed by atoms with Gasteiger partial charge in [-0.15, -0.1) is 0 Å². The summed E-state index contributed by atoms with van der Waals surface area (Å²) in [5.41, 5.74) is 0.911. The Morgan fingerprint density at radius 3 is 2.64 bits per heavy atom. The van der Waals surface area contributed by atoms with Crippen LogP contribution in [-0.4, -0.2) is 18.4 Å². The summed E-state index contributed by atoms with van der Waals surface area (Å²) in [4.78, 5) is 35.0. The van der Waals surface area contributed by atoms with Gasteiger partial charge in [0.15, 0.2) is 5.43 Å². The van der Waals surface area contributed by atoms with Crippen molar-refractivity contribution in [3.05, 3.63) is 45.8 Å². The Balaban J connectivity index is 2.45. The monoisotopic (exact) mass is 302 g/mol. The van der Waals surface area contributed by atoms with Crippen LogP contribution < -0.4 is 5.43 Å². The van der Waals surface area contributed by atoms with Crippen molar-refractivity contribution in [1.82, 2.24) is 0 Å². The molecule has 0 N–H and O–H groups in total. The molecule has 0 amide bonds. The minimum absolute atomic E-state index is 0.0195. The Labute approximate surface area is 127 Å². The van der Waals surface area contributed by atoms with E-state index in [1.807, 2.05) is 6.92 Å². The lowest BCUT2D eigenvalue weighted by Crippen LogP contribution is -2.10. The van der Waals surface area contributed by atoms with Gasteiger partial charge >= 0.3 is 5.97 Å². The van der Waals surface area contributed by atoms with Crippen LogP contribution >= 0.6 is 0 Å². The van der Waals surface area contributed by atoms with Crippen LogP contribution in [0, 0.1) is 0 Å². The Hall–Kier alpha value is -2.43. The van der Waals surface area contributed by atoms with Crippen LogP contribution in [0.3, 0.4) is 0 Å². The summed E-state index contributed by atoms with van der Waals surface area (Å²) in [6, 6.07) is 6.29. The van der Waals surface area contributed by atoms with Crippen molar-refractivity contribution in [3.63, 3.8) is 0 Å². The van der Waals surface area contributed by atoms with E-state index in [1.54, 1.807) is 25.1 Å². The number of hydrogen-bond acceptors (Lipinski definition) is 5. The van der Waals surface area contributed by atoms with Gasteiger partial charge in [0.2, 0.25) is 5.76 Å². The quantitative estimate of drug-likeness (QED) is 0.794. The van der Waals surface area contributed by atoms with Crippen LogP contribution in [0.5, 0.6) is 0 Å². The van der Waals surface area contributed by atoms with Crippen molar-refractivity contribution in [2.24, 2.45) is 0 Å². The lowest BCUT2D eigenvalue weighted by atomic mass is 9.95. The highest BCUT2D eigenvalue weighted by atomic mass is 16.5. The van der Waals surface area contributed by atoms with Gasteiger partial charge in [-0.05, 0) is 37.5 Å². The van der Waals surface area contributed by atoms with Crippen LogP contribution in [0.15, 0.2) is 33.5 Å². The lowest BCUT2D eigenvalue weighted by molar-refractivity contribution is -0.117. The zero-order valence-corrected chi connectivity index (χ0v) is 12.8. The minimum Gasteiger partial charge on any atom is -0.460 e. The third kappa shape index (κ3) is 3.42. The Morgan fingerprint density at radius 1 is 1.27 bits per heavy atom. The zero-order valence-electron chi connectivity index (χ0n) is 12.8. The van der Waals surface area contributed by atoms with Crippen molar-refractivity contribution < 1.29 is 18.7 Å². The molecule has 1 atom stereocenters. The van der Waals surface area contributed by atoms with Crippen molar-refractivity contribution in [1.29, 1.82) is 0 Å². The van der Waals surface area contributed by atoms with Crippen molar-refractivity contribution in [2.45, 2.75) is 33.1 Å². The highest BCUT2D eigenvalue weighted by Gasteiger charge is 2.15. The molecule has 0 saturated heterocycles. The SMILES string of the molecule is CCOC(=O)c1cc(=O)c2cc([C@H](C)CC(C)=O)ccc2o1. The number of hydrogen-bond donors (Lipinski definition) is 0. The molecule has 2 aromatic rings. The zero-order chi connectivity index (χ0) is 16.3. The van der Waals surface area contributed by atoms with Crippen LogP contribution in [0.1, 0.15) is 49.2 Å². The molecular formula is C17H18O5. The van der Waals surface area contributed by atoms with E-state index in [9.17, 15) is 14.4 Å². The van der Waals surface area contributed by atoms with Gasteiger partial charge in [0.25, 0.3) is 0 Å². The van der Waals surface area contributed by atoms with Crippen LogP contribution in [0.2, 0.25) is 0 Å². The number of esters is 1. The number of benzene rings is 1. The summed E-state index contributed by atoms with van der Waals surface area (Å²) in [6.07, 6.45) is 0.414. The predicted molar refractivity (Wildman–Crippen MR) is 82.2 cm³/mol. The van der Waals surface area contributed by atoms with Gasteiger partial charge < -0.3 is 13.9 Å². The Morgan fingerprint density at radius 2 is 2.00 bits per heavy atom. The molecule has 5 nitrogen and oxygen atoms in total. The fourth-order valence-corrected chi connectivity index (χ4v) is 2.33.